The molecule has 7 nitrogen and oxygen atoms in total. The third-order valence-corrected chi connectivity index (χ3v) is 5.17. The smallest absolute Gasteiger partial charge is 0.317 e. The maximum atomic E-state index is 12.3. The highest BCUT2D eigenvalue weighted by molar-refractivity contribution is 5.81. The van der Waals surface area contributed by atoms with Gasteiger partial charge in [0, 0.05) is 51.9 Å². The molecule has 0 aromatic carbocycles. The van der Waals surface area contributed by atoms with Crippen LogP contribution in [-0.4, -0.2) is 91.7 Å². The Bertz CT molecular complexity index is 418. The molecule has 2 rings (SSSR count). The van der Waals surface area contributed by atoms with Gasteiger partial charge < -0.3 is 24.8 Å². The molecule has 0 aromatic rings. The van der Waals surface area contributed by atoms with Gasteiger partial charge in [-0.1, -0.05) is 6.92 Å². The van der Waals surface area contributed by atoms with Crippen LogP contribution in [0.5, 0.6) is 0 Å². The van der Waals surface area contributed by atoms with Gasteiger partial charge in [0.25, 0.3) is 5.91 Å². The van der Waals surface area contributed by atoms with Gasteiger partial charge in [-0.05, 0) is 33.2 Å². The number of hydrogen-bond acceptors (Lipinski definition) is 4. The molecule has 2 fully saturated rings. The predicted octanol–water partition coefficient (Wildman–Crippen LogP) is 0.750. The molecule has 2 aliphatic heterocycles. The minimum atomic E-state index is -0.263. The first kappa shape index (κ1) is 19.0. The van der Waals surface area contributed by atoms with E-state index >= 15 is 0 Å². The zero-order valence-electron chi connectivity index (χ0n) is 15.3. The number of urea groups is 1. The number of nitrogens with one attached hydrogen (secondary N) is 1. The molecular weight excluding hydrogens is 308 g/mol. The van der Waals surface area contributed by atoms with E-state index in [1.807, 2.05) is 4.90 Å². The van der Waals surface area contributed by atoms with Gasteiger partial charge >= 0.3 is 6.03 Å². The first-order valence-electron chi connectivity index (χ1n) is 9.16. The van der Waals surface area contributed by atoms with Crippen LogP contribution in [0.4, 0.5) is 4.79 Å². The Hall–Kier alpha value is -1.34. The number of carbonyl (C=O) groups excluding carboxylic acids is 2. The van der Waals surface area contributed by atoms with Crippen molar-refractivity contribution < 1.29 is 14.3 Å². The van der Waals surface area contributed by atoms with Gasteiger partial charge in [-0.25, -0.2) is 4.79 Å². The summed E-state index contributed by atoms with van der Waals surface area (Å²) >= 11 is 0. The zero-order chi connectivity index (χ0) is 17.5. The molecule has 0 bridgehead atoms. The van der Waals surface area contributed by atoms with Crippen LogP contribution >= 0.6 is 0 Å². The van der Waals surface area contributed by atoms with Crippen molar-refractivity contribution in [2.24, 2.45) is 0 Å². The molecule has 138 valence electrons. The molecule has 2 atom stereocenters. The van der Waals surface area contributed by atoms with E-state index in [1.54, 1.807) is 4.90 Å². The summed E-state index contributed by atoms with van der Waals surface area (Å²) < 4.78 is 5.46. The van der Waals surface area contributed by atoms with Crippen LogP contribution in [0.2, 0.25) is 0 Å². The minimum Gasteiger partial charge on any atom is -0.368 e. The summed E-state index contributed by atoms with van der Waals surface area (Å²) in [7, 11) is 2.08. The second-order valence-electron chi connectivity index (χ2n) is 6.78. The highest BCUT2D eigenvalue weighted by Crippen LogP contribution is 2.16. The highest BCUT2D eigenvalue weighted by Gasteiger charge is 2.31. The summed E-state index contributed by atoms with van der Waals surface area (Å²) in [4.78, 5) is 30.4. The van der Waals surface area contributed by atoms with Crippen molar-refractivity contribution in [2.75, 3.05) is 52.9 Å². The van der Waals surface area contributed by atoms with E-state index in [2.05, 4.69) is 31.1 Å². The molecule has 2 heterocycles. The standard InChI is InChI=1S/C17H32N4O3/c1-4-14(2)19(3)8-7-18-17(23)21-11-9-20(10-12-21)16(22)15-6-5-13-24-15/h14-15H,4-13H2,1-3H3,(H,18,23). The monoisotopic (exact) mass is 340 g/mol. The molecule has 0 aromatic heterocycles. The number of hydrogen-bond donors (Lipinski definition) is 1. The second-order valence-corrected chi connectivity index (χ2v) is 6.78. The summed E-state index contributed by atoms with van der Waals surface area (Å²) in [5.41, 5.74) is 0. The van der Waals surface area contributed by atoms with Crippen molar-refractivity contribution in [1.82, 2.24) is 20.0 Å². The molecule has 24 heavy (non-hydrogen) atoms. The third kappa shape index (κ3) is 5.08. The van der Waals surface area contributed by atoms with Crippen molar-refractivity contribution in [3.63, 3.8) is 0 Å². The Labute approximate surface area is 145 Å². The maximum absolute atomic E-state index is 12.3. The van der Waals surface area contributed by atoms with Crippen LogP contribution in [-0.2, 0) is 9.53 Å². The largest absolute Gasteiger partial charge is 0.368 e. The molecular formula is C17H32N4O3. The zero-order valence-corrected chi connectivity index (χ0v) is 15.3. The Morgan fingerprint density at radius 2 is 1.92 bits per heavy atom. The molecule has 2 unspecified atom stereocenters. The normalized spacial score (nSPS) is 22.8. The van der Waals surface area contributed by atoms with Crippen LogP contribution in [0, 0.1) is 0 Å². The molecule has 0 radical (unpaired) electrons. The van der Waals surface area contributed by atoms with Gasteiger partial charge in [0.1, 0.15) is 6.10 Å². The molecule has 2 saturated heterocycles. The number of likely N-dealkylation sites (N-methyl/N-ethyl adjacent to an activating group) is 1. The maximum Gasteiger partial charge on any atom is 0.317 e. The Morgan fingerprint density at radius 1 is 1.25 bits per heavy atom. The predicted molar refractivity (Wildman–Crippen MR) is 92.9 cm³/mol. The van der Waals surface area contributed by atoms with E-state index in [1.165, 1.54) is 0 Å². The molecule has 0 spiro atoms. The van der Waals surface area contributed by atoms with E-state index in [0.29, 0.717) is 45.4 Å². The topological polar surface area (TPSA) is 65.1 Å². The van der Waals surface area contributed by atoms with Gasteiger partial charge in [-0.2, -0.15) is 0 Å². The van der Waals surface area contributed by atoms with Gasteiger partial charge in [0.15, 0.2) is 0 Å². The number of piperazine rings is 1. The van der Waals surface area contributed by atoms with E-state index in [9.17, 15) is 9.59 Å². The van der Waals surface area contributed by atoms with Crippen molar-refractivity contribution in [3.8, 4) is 0 Å². The highest BCUT2D eigenvalue weighted by atomic mass is 16.5. The van der Waals surface area contributed by atoms with Gasteiger partial charge in [-0.3, -0.25) is 4.79 Å². The van der Waals surface area contributed by atoms with Gasteiger partial charge in [0.05, 0.1) is 0 Å². The first-order chi connectivity index (χ1) is 11.5. The van der Waals surface area contributed by atoms with E-state index in [4.69, 9.17) is 4.74 Å². The van der Waals surface area contributed by atoms with Crippen molar-refractivity contribution in [3.05, 3.63) is 0 Å². The van der Waals surface area contributed by atoms with E-state index < -0.39 is 0 Å². The lowest BCUT2D eigenvalue weighted by molar-refractivity contribution is -0.142. The quantitative estimate of drug-likeness (QED) is 0.775. The summed E-state index contributed by atoms with van der Waals surface area (Å²) in [6, 6.07) is 0.492. The number of amides is 3. The SMILES string of the molecule is CCC(C)N(C)CCNC(=O)N1CCN(C(=O)C2CCCO2)CC1. The van der Waals surface area contributed by atoms with E-state index in [-0.39, 0.29) is 18.0 Å². The number of carbonyl (C=O) groups is 2. The van der Waals surface area contributed by atoms with Crippen molar-refractivity contribution >= 4 is 11.9 Å². The summed E-state index contributed by atoms with van der Waals surface area (Å²) in [6.45, 7) is 8.90. The lowest BCUT2D eigenvalue weighted by Gasteiger charge is -2.35. The number of ether oxygens (including phenoxy) is 1. The molecule has 1 N–H and O–H groups in total. The average Bonchev–Trinajstić information content (AvgIpc) is 3.14. The lowest BCUT2D eigenvalue weighted by Crippen LogP contribution is -2.55. The molecule has 0 saturated carbocycles. The van der Waals surface area contributed by atoms with Gasteiger partial charge in [-0.15, -0.1) is 0 Å². The van der Waals surface area contributed by atoms with Crippen LogP contribution in [0.25, 0.3) is 0 Å². The van der Waals surface area contributed by atoms with Crippen LogP contribution in [0.1, 0.15) is 33.1 Å². The molecule has 7 heteroatoms. The van der Waals surface area contributed by atoms with Crippen LogP contribution in [0.3, 0.4) is 0 Å². The fourth-order valence-corrected chi connectivity index (χ4v) is 3.09. The van der Waals surface area contributed by atoms with Crippen LogP contribution < -0.4 is 5.32 Å². The van der Waals surface area contributed by atoms with E-state index in [0.717, 1.165) is 25.8 Å². The van der Waals surface area contributed by atoms with Gasteiger partial charge in [0.2, 0.25) is 0 Å². The van der Waals surface area contributed by atoms with Crippen molar-refractivity contribution in [2.45, 2.75) is 45.3 Å². The minimum absolute atomic E-state index is 0.0308. The Balaban J connectivity index is 1.66. The van der Waals surface area contributed by atoms with Crippen molar-refractivity contribution in [1.29, 1.82) is 0 Å². The lowest BCUT2D eigenvalue weighted by atomic mass is 10.2. The number of nitrogens with zero attached hydrogens (tertiary/aromatic N) is 3. The third-order valence-electron chi connectivity index (χ3n) is 5.17. The summed E-state index contributed by atoms with van der Waals surface area (Å²) in [6.07, 6.45) is 2.62. The number of rotatable bonds is 6. The average molecular weight is 340 g/mol. The van der Waals surface area contributed by atoms with Crippen LogP contribution in [0.15, 0.2) is 0 Å². The fourth-order valence-electron chi connectivity index (χ4n) is 3.09. The first-order valence-corrected chi connectivity index (χ1v) is 9.16. The summed E-state index contributed by atoms with van der Waals surface area (Å²) in [5.74, 6) is 0.0859. The molecule has 0 aliphatic carbocycles. The summed E-state index contributed by atoms with van der Waals surface area (Å²) in [5, 5.41) is 2.98. The Morgan fingerprint density at radius 3 is 2.50 bits per heavy atom. The molecule has 3 amide bonds. The molecule has 2 aliphatic rings. The Kier molecular flexibility index (Phi) is 7.30. The fraction of sp³-hybridized carbons (Fsp3) is 0.882. The second kappa shape index (κ2) is 9.22.